The number of imidazole rings is 1. The molecule has 0 N–H and O–H groups in total. The zero-order valence-electron chi connectivity index (χ0n) is 6.22. The molecule has 0 spiro atoms. The number of hydrogen-bond donors (Lipinski definition) is 0. The normalized spacial score (nSPS) is 14.8. The third-order valence-electron chi connectivity index (χ3n) is 1.38. The van der Waals surface area contributed by atoms with Crippen molar-refractivity contribution in [3.8, 4) is 0 Å². The van der Waals surface area contributed by atoms with Gasteiger partial charge in [-0.3, -0.25) is 0 Å². The number of aromatic nitrogens is 2. The van der Waals surface area contributed by atoms with Gasteiger partial charge in [-0.2, -0.15) is 13.3 Å². The predicted molar refractivity (Wildman–Crippen MR) is 36.5 cm³/mol. The first-order valence-corrected chi connectivity index (χ1v) is 3.58. The summed E-state index contributed by atoms with van der Waals surface area (Å²) in [7, 11) is 1.55. The minimum Gasteiger partial charge on any atom is -0.239 e. The third-order valence-corrected chi connectivity index (χ3v) is 1.64. The van der Waals surface area contributed by atoms with Gasteiger partial charge in [0.15, 0.2) is 0 Å². The van der Waals surface area contributed by atoms with Gasteiger partial charge < -0.3 is 0 Å². The molecule has 0 fully saturated rings. The molecule has 0 aromatic carbocycles. The standard InChI is InChI=1S/C6H7ClF3N2/c1-11-2-3-12(4-11)6(9,10)5(7)8/h2-5H,1H3/q+1. The summed E-state index contributed by atoms with van der Waals surface area (Å²) in [6.07, 6.45) is 3.47. The van der Waals surface area contributed by atoms with Crippen molar-refractivity contribution in [1.29, 1.82) is 0 Å². The molecule has 1 unspecified atom stereocenters. The topological polar surface area (TPSA) is 8.81 Å². The molecule has 1 rings (SSSR count). The van der Waals surface area contributed by atoms with Crippen LogP contribution in [-0.4, -0.2) is 10.2 Å². The molecule has 0 radical (unpaired) electrons. The smallest absolute Gasteiger partial charge is 0.239 e. The fraction of sp³-hybridized carbons (Fsp3) is 0.500. The van der Waals surface area contributed by atoms with Crippen molar-refractivity contribution in [2.45, 2.75) is 11.7 Å². The van der Waals surface area contributed by atoms with E-state index in [0.29, 0.717) is 4.57 Å². The van der Waals surface area contributed by atoms with Gasteiger partial charge >= 0.3 is 6.05 Å². The first-order chi connectivity index (χ1) is 5.44. The third kappa shape index (κ3) is 1.55. The summed E-state index contributed by atoms with van der Waals surface area (Å²) in [4.78, 5) is 0. The number of nitrogens with zero attached hydrogens (tertiary/aromatic N) is 2. The summed E-state index contributed by atoms with van der Waals surface area (Å²) in [6.45, 7) is 0. The molecular weight excluding hydrogens is 193 g/mol. The Morgan fingerprint density at radius 3 is 2.50 bits per heavy atom. The van der Waals surface area contributed by atoms with Crippen LogP contribution in [0.4, 0.5) is 13.2 Å². The Balaban J connectivity index is 2.97. The number of rotatable bonds is 2. The van der Waals surface area contributed by atoms with Crippen molar-refractivity contribution in [2.24, 2.45) is 7.05 Å². The van der Waals surface area contributed by atoms with Gasteiger partial charge in [-0.25, -0.2) is 8.96 Å². The first kappa shape index (κ1) is 9.38. The molecule has 1 aromatic rings. The zero-order chi connectivity index (χ0) is 9.35. The highest BCUT2D eigenvalue weighted by Crippen LogP contribution is 2.23. The van der Waals surface area contributed by atoms with Crippen molar-refractivity contribution in [2.75, 3.05) is 0 Å². The van der Waals surface area contributed by atoms with E-state index in [0.717, 1.165) is 12.5 Å². The summed E-state index contributed by atoms with van der Waals surface area (Å²) >= 11 is 4.67. The fourth-order valence-corrected chi connectivity index (χ4v) is 0.852. The molecule has 0 saturated heterocycles. The molecule has 0 amide bonds. The van der Waals surface area contributed by atoms with Gasteiger partial charge in [-0.1, -0.05) is 11.6 Å². The molecule has 0 aliphatic rings. The van der Waals surface area contributed by atoms with Crippen LogP contribution in [0.5, 0.6) is 0 Å². The van der Waals surface area contributed by atoms with E-state index in [1.54, 1.807) is 7.05 Å². The molecule has 0 saturated carbocycles. The molecule has 1 atom stereocenters. The molecule has 1 heterocycles. The minimum atomic E-state index is -3.69. The second-order valence-corrected chi connectivity index (χ2v) is 2.76. The number of alkyl halides is 4. The molecule has 2 nitrogen and oxygen atoms in total. The maximum Gasteiger partial charge on any atom is 0.443 e. The Morgan fingerprint density at radius 1 is 1.58 bits per heavy atom. The van der Waals surface area contributed by atoms with Crippen molar-refractivity contribution < 1.29 is 17.7 Å². The van der Waals surface area contributed by atoms with Gasteiger partial charge in [0.2, 0.25) is 6.33 Å². The quantitative estimate of drug-likeness (QED) is 0.503. The lowest BCUT2D eigenvalue weighted by atomic mass is 10.6. The largest absolute Gasteiger partial charge is 0.443 e. The summed E-state index contributed by atoms with van der Waals surface area (Å²) in [5.74, 6) is 0. The monoisotopic (exact) mass is 199 g/mol. The van der Waals surface area contributed by atoms with Crippen molar-refractivity contribution in [3.05, 3.63) is 18.7 Å². The van der Waals surface area contributed by atoms with E-state index in [-0.39, 0.29) is 0 Å². The van der Waals surface area contributed by atoms with Crippen LogP contribution in [-0.2, 0) is 13.1 Å². The molecule has 0 bridgehead atoms. The van der Waals surface area contributed by atoms with Gasteiger partial charge in [-0.15, -0.1) is 0 Å². The molecule has 0 aliphatic heterocycles. The average Bonchev–Trinajstić information content (AvgIpc) is 2.35. The number of hydrogen-bond acceptors (Lipinski definition) is 0. The van der Waals surface area contributed by atoms with E-state index in [2.05, 4.69) is 11.6 Å². The van der Waals surface area contributed by atoms with Crippen LogP contribution >= 0.6 is 11.6 Å². The lowest BCUT2D eigenvalue weighted by Crippen LogP contribution is -2.53. The van der Waals surface area contributed by atoms with E-state index in [4.69, 9.17) is 0 Å². The predicted octanol–water partition coefficient (Wildman–Crippen LogP) is 1.40. The second kappa shape index (κ2) is 2.97. The molecule has 12 heavy (non-hydrogen) atoms. The van der Waals surface area contributed by atoms with Crippen LogP contribution < -0.4 is 4.57 Å². The number of halogens is 4. The van der Waals surface area contributed by atoms with Crippen molar-refractivity contribution in [3.63, 3.8) is 0 Å². The summed E-state index contributed by atoms with van der Waals surface area (Å²) in [5, 5.41) is 0. The van der Waals surface area contributed by atoms with Gasteiger partial charge in [0.25, 0.3) is 5.63 Å². The molecule has 6 heteroatoms. The van der Waals surface area contributed by atoms with Crippen LogP contribution in [0.2, 0.25) is 0 Å². The van der Waals surface area contributed by atoms with Crippen molar-refractivity contribution in [1.82, 2.24) is 4.57 Å². The van der Waals surface area contributed by atoms with Gasteiger partial charge in [-0.05, 0) is 0 Å². The molecule has 68 valence electrons. The van der Waals surface area contributed by atoms with Gasteiger partial charge in [0.05, 0.1) is 7.05 Å². The maximum atomic E-state index is 12.7. The number of aryl methyl sites for hydroxylation is 1. The van der Waals surface area contributed by atoms with Gasteiger partial charge in [0.1, 0.15) is 12.4 Å². The Kier molecular flexibility index (Phi) is 2.32. The molecule has 0 aliphatic carbocycles. The summed E-state index contributed by atoms with van der Waals surface area (Å²) in [6, 6.07) is -3.69. The van der Waals surface area contributed by atoms with Crippen LogP contribution in [0, 0.1) is 0 Å². The highest BCUT2D eigenvalue weighted by atomic mass is 35.5. The van der Waals surface area contributed by atoms with Gasteiger partial charge in [0, 0.05) is 0 Å². The highest BCUT2D eigenvalue weighted by Gasteiger charge is 2.46. The SMILES string of the molecule is Cn1cc[n+](C(F)(F)C(F)Cl)c1. The lowest BCUT2D eigenvalue weighted by Gasteiger charge is -2.10. The van der Waals surface area contributed by atoms with E-state index < -0.39 is 11.7 Å². The fourth-order valence-electron chi connectivity index (χ4n) is 0.739. The summed E-state index contributed by atoms with van der Waals surface area (Å²) < 4.78 is 39.4. The van der Waals surface area contributed by atoms with E-state index in [9.17, 15) is 13.2 Å². The maximum absolute atomic E-state index is 12.7. The highest BCUT2D eigenvalue weighted by molar-refractivity contribution is 6.19. The Morgan fingerprint density at radius 2 is 2.17 bits per heavy atom. The van der Waals surface area contributed by atoms with E-state index in [1.807, 2.05) is 0 Å². The Bertz CT molecular complexity index is 272. The van der Waals surface area contributed by atoms with Crippen LogP contribution in [0.15, 0.2) is 18.7 Å². The van der Waals surface area contributed by atoms with E-state index in [1.165, 1.54) is 10.8 Å². The van der Waals surface area contributed by atoms with E-state index >= 15 is 0 Å². The molecule has 1 aromatic heterocycles. The van der Waals surface area contributed by atoms with Crippen LogP contribution in [0.3, 0.4) is 0 Å². The molecular formula is C6H7ClF3N2+. The lowest BCUT2D eigenvalue weighted by molar-refractivity contribution is -0.826. The Hall–Kier alpha value is -0.710. The zero-order valence-corrected chi connectivity index (χ0v) is 6.97. The van der Waals surface area contributed by atoms with Crippen LogP contribution in [0.25, 0.3) is 0 Å². The Labute approximate surface area is 72.2 Å². The first-order valence-electron chi connectivity index (χ1n) is 3.14. The van der Waals surface area contributed by atoms with Crippen molar-refractivity contribution >= 4 is 11.6 Å². The average molecular weight is 200 g/mol. The second-order valence-electron chi connectivity index (χ2n) is 2.37. The minimum absolute atomic E-state index is 0.421. The van der Waals surface area contributed by atoms with Crippen LogP contribution in [0.1, 0.15) is 0 Å². The summed E-state index contributed by atoms with van der Waals surface area (Å²) in [5.41, 5.74) is -2.72.